The number of hydrogen-bond acceptors (Lipinski definition) is 5. The highest BCUT2D eigenvalue weighted by Gasteiger charge is 2.59. The topological polar surface area (TPSA) is 61.8 Å². The maximum absolute atomic E-state index is 12.0. The number of ether oxygens (including phenoxy) is 3. The lowest BCUT2D eigenvalue weighted by molar-refractivity contribution is -0.164. The van der Waals surface area contributed by atoms with E-state index in [9.17, 15) is 9.59 Å². The Morgan fingerprint density at radius 1 is 1.50 bits per heavy atom. The summed E-state index contributed by atoms with van der Waals surface area (Å²) in [5.74, 6) is -0.524. The Labute approximate surface area is 106 Å². The molecule has 0 aromatic carbocycles. The fourth-order valence-corrected chi connectivity index (χ4v) is 3.00. The van der Waals surface area contributed by atoms with Gasteiger partial charge >= 0.3 is 11.9 Å². The Hall–Kier alpha value is -1.52. The maximum Gasteiger partial charge on any atom is 0.350 e. The second-order valence-electron chi connectivity index (χ2n) is 4.62. The average molecular weight is 254 g/mol. The molecule has 0 N–H and O–H groups in total. The van der Waals surface area contributed by atoms with E-state index in [2.05, 4.69) is 0 Å². The van der Waals surface area contributed by atoms with Crippen LogP contribution in [0.2, 0.25) is 0 Å². The van der Waals surface area contributed by atoms with E-state index in [-0.39, 0.29) is 11.9 Å². The summed E-state index contributed by atoms with van der Waals surface area (Å²) >= 11 is 0. The molecule has 18 heavy (non-hydrogen) atoms. The van der Waals surface area contributed by atoms with Crippen molar-refractivity contribution in [3.63, 3.8) is 0 Å². The van der Waals surface area contributed by atoms with Crippen molar-refractivity contribution in [2.24, 2.45) is 5.92 Å². The van der Waals surface area contributed by atoms with Gasteiger partial charge in [0, 0.05) is 5.92 Å². The van der Waals surface area contributed by atoms with Crippen molar-refractivity contribution in [3.8, 4) is 0 Å². The van der Waals surface area contributed by atoms with Crippen molar-refractivity contribution < 1.29 is 23.8 Å². The van der Waals surface area contributed by atoms with E-state index in [1.165, 1.54) is 7.11 Å². The number of carbonyl (C=O) groups excluding carboxylic acids is 2. The first-order valence-electron chi connectivity index (χ1n) is 6.22. The van der Waals surface area contributed by atoms with Gasteiger partial charge in [-0.15, -0.1) is 0 Å². The van der Waals surface area contributed by atoms with Gasteiger partial charge < -0.3 is 14.2 Å². The quantitative estimate of drug-likeness (QED) is 0.715. The van der Waals surface area contributed by atoms with E-state index < -0.39 is 11.6 Å². The number of esters is 2. The third-order valence-electron chi connectivity index (χ3n) is 3.69. The summed E-state index contributed by atoms with van der Waals surface area (Å²) in [7, 11) is 1.34. The molecule has 2 atom stereocenters. The molecule has 0 amide bonds. The molecule has 5 heteroatoms. The van der Waals surface area contributed by atoms with E-state index >= 15 is 0 Å². The van der Waals surface area contributed by atoms with Gasteiger partial charge in [0.15, 0.2) is 0 Å². The molecule has 0 aromatic rings. The van der Waals surface area contributed by atoms with Gasteiger partial charge in [-0.2, -0.15) is 0 Å². The Morgan fingerprint density at radius 2 is 2.22 bits per heavy atom. The van der Waals surface area contributed by atoms with Crippen LogP contribution in [0.1, 0.15) is 33.1 Å². The summed E-state index contributed by atoms with van der Waals surface area (Å²) in [5, 5.41) is 0. The predicted octanol–water partition coefficient (Wildman–Crippen LogP) is 1.57. The van der Waals surface area contributed by atoms with Crippen molar-refractivity contribution in [1.29, 1.82) is 0 Å². The third kappa shape index (κ3) is 1.69. The molecule has 1 heterocycles. The molecule has 5 nitrogen and oxygen atoms in total. The molecule has 0 saturated heterocycles. The molecule has 0 spiro atoms. The fourth-order valence-electron chi connectivity index (χ4n) is 3.00. The van der Waals surface area contributed by atoms with Crippen molar-refractivity contribution in [1.82, 2.24) is 0 Å². The van der Waals surface area contributed by atoms with Crippen LogP contribution in [0.15, 0.2) is 11.3 Å². The van der Waals surface area contributed by atoms with Crippen LogP contribution in [0, 0.1) is 5.92 Å². The molecule has 1 aliphatic heterocycles. The molecule has 0 unspecified atom stereocenters. The van der Waals surface area contributed by atoms with Crippen LogP contribution in [-0.2, 0) is 23.8 Å². The zero-order valence-electron chi connectivity index (χ0n) is 10.9. The molecule has 0 bridgehead atoms. The van der Waals surface area contributed by atoms with Gasteiger partial charge in [-0.05, 0) is 33.1 Å². The minimum atomic E-state index is -0.999. The van der Waals surface area contributed by atoms with Gasteiger partial charge in [-0.1, -0.05) is 0 Å². The van der Waals surface area contributed by atoms with Crippen molar-refractivity contribution >= 4 is 11.9 Å². The van der Waals surface area contributed by atoms with E-state index in [4.69, 9.17) is 14.2 Å². The lowest BCUT2D eigenvalue weighted by Gasteiger charge is -2.26. The maximum atomic E-state index is 12.0. The summed E-state index contributed by atoms with van der Waals surface area (Å²) in [6, 6.07) is 0. The van der Waals surface area contributed by atoms with Crippen LogP contribution in [0.5, 0.6) is 0 Å². The summed E-state index contributed by atoms with van der Waals surface area (Å²) in [6.45, 7) is 3.77. The summed E-state index contributed by atoms with van der Waals surface area (Å²) in [6.07, 6.45) is 2.18. The monoisotopic (exact) mass is 254 g/mol. The molecule has 1 saturated carbocycles. The normalized spacial score (nSPS) is 29.8. The van der Waals surface area contributed by atoms with E-state index in [0.717, 1.165) is 12.8 Å². The lowest BCUT2D eigenvalue weighted by Crippen LogP contribution is -2.43. The molecule has 1 fully saturated rings. The molecule has 2 aliphatic rings. The highest BCUT2D eigenvalue weighted by molar-refractivity contribution is 5.94. The highest BCUT2D eigenvalue weighted by Crippen LogP contribution is 2.50. The highest BCUT2D eigenvalue weighted by atomic mass is 16.6. The second kappa shape index (κ2) is 4.63. The number of methoxy groups -OCH3 is 1. The molecule has 2 rings (SSSR count). The van der Waals surface area contributed by atoms with Gasteiger partial charge in [0.2, 0.25) is 5.60 Å². The molecule has 1 aliphatic carbocycles. The van der Waals surface area contributed by atoms with Crippen molar-refractivity contribution in [2.45, 2.75) is 38.7 Å². The van der Waals surface area contributed by atoms with Crippen molar-refractivity contribution in [2.75, 3.05) is 13.7 Å². The van der Waals surface area contributed by atoms with Crippen LogP contribution in [-0.4, -0.2) is 31.3 Å². The van der Waals surface area contributed by atoms with Gasteiger partial charge in [0.1, 0.15) is 5.76 Å². The first-order valence-corrected chi connectivity index (χ1v) is 6.22. The minimum Gasteiger partial charge on any atom is -0.479 e. The molecular formula is C13H18O5. The van der Waals surface area contributed by atoms with Crippen LogP contribution in [0.3, 0.4) is 0 Å². The van der Waals surface area contributed by atoms with E-state index in [1.54, 1.807) is 13.8 Å². The van der Waals surface area contributed by atoms with Crippen LogP contribution in [0.4, 0.5) is 0 Å². The number of rotatable bonds is 3. The number of hydrogen-bond donors (Lipinski definition) is 0. The number of allylic oxidation sites excluding steroid dienone is 1. The van der Waals surface area contributed by atoms with Crippen LogP contribution >= 0.6 is 0 Å². The minimum absolute atomic E-state index is 0.232. The van der Waals surface area contributed by atoms with E-state index in [1.807, 2.05) is 0 Å². The number of fused-ring (bicyclic) bond motifs is 1. The first-order chi connectivity index (χ1) is 8.56. The first kappa shape index (κ1) is 12.9. The zero-order valence-corrected chi connectivity index (χ0v) is 10.9. The van der Waals surface area contributed by atoms with Gasteiger partial charge in [-0.25, -0.2) is 9.59 Å². The molecule has 100 valence electrons. The molecule has 0 aromatic heterocycles. The second-order valence-corrected chi connectivity index (χ2v) is 4.62. The van der Waals surface area contributed by atoms with Crippen molar-refractivity contribution in [3.05, 3.63) is 11.3 Å². The SMILES string of the molecule is CCOC(=O)C1=C(C)O[C@@]2(C(=O)OC)CCC[C@@H]12. The summed E-state index contributed by atoms with van der Waals surface area (Å²) < 4.78 is 15.6. The Morgan fingerprint density at radius 3 is 2.83 bits per heavy atom. The Bertz CT molecular complexity index is 412. The average Bonchev–Trinajstić information content (AvgIpc) is 2.84. The Kier molecular flexibility index (Phi) is 3.32. The van der Waals surface area contributed by atoms with Gasteiger partial charge in [-0.3, -0.25) is 0 Å². The standard InChI is InChI=1S/C13H18O5/c1-4-17-11(14)10-8(2)18-13(12(15)16-3)7-5-6-9(10)13/h9H,4-7H2,1-3H3/t9-,13-/m0/s1. The number of carbonyl (C=O) groups is 2. The Balaban J connectivity index is 2.31. The van der Waals surface area contributed by atoms with Gasteiger partial charge in [0.05, 0.1) is 19.3 Å². The zero-order chi connectivity index (χ0) is 13.3. The van der Waals surface area contributed by atoms with E-state index in [0.29, 0.717) is 24.4 Å². The lowest BCUT2D eigenvalue weighted by atomic mass is 9.86. The van der Waals surface area contributed by atoms with Crippen LogP contribution < -0.4 is 0 Å². The van der Waals surface area contributed by atoms with Gasteiger partial charge in [0.25, 0.3) is 0 Å². The summed E-state index contributed by atoms with van der Waals surface area (Å²) in [5.41, 5.74) is -0.499. The van der Waals surface area contributed by atoms with Crippen LogP contribution in [0.25, 0.3) is 0 Å². The third-order valence-corrected chi connectivity index (χ3v) is 3.69. The molecule has 0 radical (unpaired) electrons. The molecular weight excluding hydrogens is 236 g/mol. The summed E-state index contributed by atoms with van der Waals surface area (Å²) in [4.78, 5) is 23.9. The predicted molar refractivity (Wildman–Crippen MR) is 62.5 cm³/mol. The fraction of sp³-hybridized carbons (Fsp3) is 0.692. The smallest absolute Gasteiger partial charge is 0.350 e. The largest absolute Gasteiger partial charge is 0.479 e.